The van der Waals surface area contributed by atoms with Gasteiger partial charge in [-0.05, 0) is 58.2 Å². The molecule has 0 spiro atoms. The molecule has 0 aliphatic carbocycles. The highest BCUT2D eigenvalue weighted by molar-refractivity contribution is 9.10. The lowest BCUT2D eigenvalue weighted by atomic mass is 10.0. The molecule has 2 rings (SSSR count). The van der Waals surface area contributed by atoms with Crippen LogP contribution in [0.3, 0.4) is 0 Å². The van der Waals surface area contributed by atoms with Crippen LogP contribution in [0.25, 0.3) is 0 Å². The van der Waals surface area contributed by atoms with E-state index in [1.165, 1.54) is 9.35 Å². The number of hydrogen-bond acceptors (Lipinski definition) is 2. The predicted molar refractivity (Wildman–Crippen MR) is 86.7 cm³/mol. The normalized spacial score (nSPS) is 12.7. The minimum atomic E-state index is 0.213. The Hall–Kier alpha value is 0.130. The summed E-state index contributed by atoms with van der Waals surface area (Å²) in [6.07, 6.45) is 0.922. The largest absolute Gasteiger partial charge is 0.313 e. The molecule has 1 atom stereocenters. The molecule has 0 aliphatic heterocycles. The average Bonchev–Trinajstić information content (AvgIpc) is 2.75. The van der Waals surface area contributed by atoms with Gasteiger partial charge >= 0.3 is 0 Å². The molecule has 96 valence electrons. The Kier molecular flexibility index (Phi) is 5.27. The van der Waals surface area contributed by atoms with E-state index in [1.54, 1.807) is 11.3 Å². The summed E-state index contributed by atoms with van der Waals surface area (Å²) in [4.78, 5) is 1.32. The summed E-state index contributed by atoms with van der Waals surface area (Å²) < 4.78 is 2.21. The maximum atomic E-state index is 6.28. The van der Waals surface area contributed by atoms with E-state index in [2.05, 4.69) is 54.7 Å². The molecule has 0 aliphatic rings. The van der Waals surface area contributed by atoms with Crippen molar-refractivity contribution in [1.29, 1.82) is 0 Å². The van der Waals surface area contributed by atoms with Gasteiger partial charge in [0, 0.05) is 31.3 Å². The summed E-state index contributed by atoms with van der Waals surface area (Å²) >= 11 is 15.1. The van der Waals surface area contributed by atoms with Gasteiger partial charge in [-0.3, -0.25) is 0 Å². The number of nitrogens with one attached hydrogen (secondary N) is 1. The van der Waals surface area contributed by atoms with Crippen LogP contribution in [0.4, 0.5) is 0 Å². The van der Waals surface area contributed by atoms with E-state index < -0.39 is 0 Å². The molecule has 1 heterocycles. The zero-order chi connectivity index (χ0) is 13.1. The van der Waals surface area contributed by atoms with Crippen molar-refractivity contribution in [2.75, 3.05) is 7.05 Å². The molecule has 1 aromatic heterocycles. The molecular weight excluding hydrogens is 397 g/mol. The van der Waals surface area contributed by atoms with Crippen molar-refractivity contribution in [2.24, 2.45) is 0 Å². The van der Waals surface area contributed by atoms with Gasteiger partial charge in [0.25, 0.3) is 0 Å². The first-order valence-corrected chi connectivity index (χ1v) is 8.30. The molecule has 0 fully saturated rings. The Bertz CT molecular complexity index is 542. The van der Waals surface area contributed by atoms with E-state index in [0.29, 0.717) is 0 Å². The van der Waals surface area contributed by atoms with Gasteiger partial charge in [-0.1, -0.05) is 27.5 Å². The number of hydrogen-bond donors (Lipinski definition) is 1. The first-order valence-electron chi connectivity index (χ1n) is 5.46. The van der Waals surface area contributed by atoms with Crippen LogP contribution in [0.2, 0.25) is 5.02 Å². The van der Waals surface area contributed by atoms with E-state index in [4.69, 9.17) is 11.6 Å². The molecule has 2 aromatic rings. The first kappa shape index (κ1) is 14.5. The molecule has 0 bridgehead atoms. The zero-order valence-corrected chi connectivity index (χ0v) is 14.5. The van der Waals surface area contributed by atoms with Crippen LogP contribution in [0.1, 0.15) is 16.5 Å². The Morgan fingerprint density at radius 3 is 2.72 bits per heavy atom. The smallest absolute Gasteiger partial charge is 0.0454 e. The van der Waals surface area contributed by atoms with Crippen LogP contribution in [-0.4, -0.2) is 7.05 Å². The van der Waals surface area contributed by atoms with E-state index in [-0.39, 0.29) is 6.04 Å². The summed E-state index contributed by atoms with van der Waals surface area (Å²) in [5.74, 6) is 0. The van der Waals surface area contributed by atoms with Gasteiger partial charge in [0.05, 0.1) is 0 Å². The minimum Gasteiger partial charge on any atom is -0.313 e. The van der Waals surface area contributed by atoms with Crippen LogP contribution in [-0.2, 0) is 6.42 Å². The van der Waals surface area contributed by atoms with Crippen molar-refractivity contribution in [3.63, 3.8) is 0 Å². The summed E-state index contributed by atoms with van der Waals surface area (Å²) in [6, 6.07) is 8.25. The molecule has 1 nitrogen and oxygen atoms in total. The fourth-order valence-corrected chi connectivity index (χ4v) is 3.99. The lowest BCUT2D eigenvalue weighted by Gasteiger charge is -2.18. The quantitative estimate of drug-likeness (QED) is 0.710. The lowest BCUT2D eigenvalue weighted by Crippen LogP contribution is -2.19. The molecule has 0 saturated heterocycles. The van der Waals surface area contributed by atoms with Crippen molar-refractivity contribution in [3.8, 4) is 0 Å². The summed E-state index contributed by atoms with van der Waals surface area (Å²) in [7, 11) is 1.96. The number of likely N-dealkylation sites (N-methyl/N-ethyl adjacent to an activating group) is 1. The minimum absolute atomic E-state index is 0.213. The van der Waals surface area contributed by atoms with Crippen LogP contribution in [0.5, 0.6) is 0 Å². The number of thiophene rings is 1. The Morgan fingerprint density at radius 1 is 1.33 bits per heavy atom. The lowest BCUT2D eigenvalue weighted by molar-refractivity contribution is 0.595. The van der Waals surface area contributed by atoms with Gasteiger partial charge in [-0.25, -0.2) is 0 Å². The molecule has 0 radical (unpaired) electrons. The second kappa shape index (κ2) is 6.53. The zero-order valence-electron chi connectivity index (χ0n) is 9.71. The van der Waals surface area contributed by atoms with E-state index in [0.717, 1.165) is 21.5 Å². The van der Waals surface area contributed by atoms with Crippen molar-refractivity contribution in [2.45, 2.75) is 12.5 Å². The van der Waals surface area contributed by atoms with Crippen LogP contribution < -0.4 is 5.32 Å². The third-order valence-electron chi connectivity index (χ3n) is 2.76. The van der Waals surface area contributed by atoms with E-state index in [1.807, 2.05) is 19.2 Å². The summed E-state index contributed by atoms with van der Waals surface area (Å²) in [6.45, 7) is 0. The van der Waals surface area contributed by atoms with Gasteiger partial charge in [-0.15, -0.1) is 11.3 Å². The maximum absolute atomic E-state index is 6.28. The monoisotopic (exact) mass is 407 g/mol. The molecule has 0 amide bonds. The Balaban J connectivity index is 2.28. The fraction of sp³-hybridized carbons (Fsp3) is 0.231. The van der Waals surface area contributed by atoms with Crippen LogP contribution >= 0.6 is 54.8 Å². The fourth-order valence-electron chi connectivity index (χ4n) is 1.81. The molecule has 1 aromatic carbocycles. The van der Waals surface area contributed by atoms with Gasteiger partial charge in [-0.2, -0.15) is 0 Å². The maximum Gasteiger partial charge on any atom is 0.0454 e. The van der Waals surface area contributed by atoms with Gasteiger partial charge < -0.3 is 5.32 Å². The SMILES string of the molecule is CNC(Cc1sccc1Br)c1cc(Br)ccc1Cl. The third kappa shape index (κ3) is 3.36. The average molecular weight is 410 g/mol. The van der Waals surface area contributed by atoms with Gasteiger partial charge in [0.1, 0.15) is 0 Å². The Labute approximate surface area is 133 Å². The number of rotatable bonds is 4. The Morgan fingerprint density at radius 2 is 2.11 bits per heavy atom. The molecular formula is C13H12Br2ClNS. The van der Waals surface area contributed by atoms with Gasteiger partial charge in [0.15, 0.2) is 0 Å². The second-order valence-electron chi connectivity index (χ2n) is 3.90. The van der Waals surface area contributed by atoms with Crippen LogP contribution in [0.15, 0.2) is 38.6 Å². The second-order valence-corrected chi connectivity index (χ2v) is 7.08. The molecule has 18 heavy (non-hydrogen) atoms. The molecule has 5 heteroatoms. The number of benzene rings is 1. The highest BCUT2D eigenvalue weighted by atomic mass is 79.9. The number of halogens is 3. The van der Waals surface area contributed by atoms with Crippen molar-refractivity contribution < 1.29 is 0 Å². The predicted octanol–water partition coefficient (Wildman–Crippen LogP) is 5.43. The van der Waals surface area contributed by atoms with Gasteiger partial charge in [0.2, 0.25) is 0 Å². The molecule has 1 unspecified atom stereocenters. The van der Waals surface area contributed by atoms with E-state index >= 15 is 0 Å². The third-order valence-corrected chi connectivity index (χ3v) is 5.55. The summed E-state index contributed by atoms with van der Waals surface area (Å²) in [5, 5.41) is 6.22. The van der Waals surface area contributed by atoms with Crippen molar-refractivity contribution in [3.05, 3.63) is 54.1 Å². The molecule has 0 saturated carbocycles. The highest BCUT2D eigenvalue weighted by Gasteiger charge is 2.16. The standard InChI is InChI=1S/C13H12Br2ClNS/c1-17-12(7-13-10(15)4-5-18-13)9-6-8(14)2-3-11(9)16/h2-6,12,17H,7H2,1H3. The van der Waals surface area contributed by atoms with E-state index in [9.17, 15) is 0 Å². The van der Waals surface area contributed by atoms with Crippen molar-refractivity contribution >= 4 is 54.8 Å². The first-order chi connectivity index (χ1) is 8.61. The summed E-state index contributed by atoms with van der Waals surface area (Å²) in [5.41, 5.74) is 1.12. The van der Waals surface area contributed by atoms with Crippen LogP contribution in [0, 0.1) is 0 Å². The topological polar surface area (TPSA) is 12.0 Å². The van der Waals surface area contributed by atoms with Crippen molar-refractivity contribution in [1.82, 2.24) is 5.32 Å². The molecule has 1 N–H and O–H groups in total. The highest BCUT2D eigenvalue weighted by Crippen LogP contribution is 2.32.